The van der Waals surface area contributed by atoms with E-state index in [1.54, 1.807) is 23.3 Å². The highest BCUT2D eigenvalue weighted by Crippen LogP contribution is 2.30. The van der Waals surface area contributed by atoms with E-state index in [-0.39, 0.29) is 39.1 Å². The summed E-state index contributed by atoms with van der Waals surface area (Å²) in [5.41, 5.74) is 8.07. The number of carbonyl (C=O) groups is 2. The molecule has 1 atom stereocenters. The summed E-state index contributed by atoms with van der Waals surface area (Å²) in [6.45, 7) is 3.57. The van der Waals surface area contributed by atoms with Gasteiger partial charge in [-0.3, -0.25) is 23.7 Å². The normalized spacial score (nSPS) is 14.5. The fraction of sp³-hybridized carbons (Fsp3) is 0.296. The van der Waals surface area contributed by atoms with E-state index in [1.807, 2.05) is 19.9 Å². The topological polar surface area (TPSA) is 172 Å². The number of nitrogens with one attached hydrogen (secondary N) is 1. The molecule has 224 valence electrons. The SMILES string of the molecule is COc1ccc2c(c1)nc(S(=O)CC1=C(C)C=C(C)CN1OC)n2S(=O)(=O)c1ccc(OCC(=O)NCC(N)=O)cc1. The van der Waals surface area contributed by atoms with E-state index in [2.05, 4.69) is 10.3 Å². The molecule has 3 aromatic rings. The van der Waals surface area contributed by atoms with Gasteiger partial charge in [-0.1, -0.05) is 11.6 Å². The zero-order chi connectivity index (χ0) is 30.6. The number of aromatic nitrogens is 2. The Morgan fingerprint density at radius 3 is 2.43 bits per heavy atom. The van der Waals surface area contributed by atoms with E-state index < -0.39 is 39.2 Å². The van der Waals surface area contributed by atoms with E-state index in [9.17, 15) is 22.2 Å². The molecule has 2 amide bonds. The number of hydrogen-bond donors (Lipinski definition) is 2. The van der Waals surface area contributed by atoms with Crippen LogP contribution in [0.3, 0.4) is 0 Å². The Labute approximate surface area is 245 Å². The van der Waals surface area contributed by atoms with Crippen molar-refractivity contribution in [2.24, 2.45) is 5.73 Å². The van der Waals surface area contributed by atoms with Gasteiger partial charge in [-0.05, 0) is 55.8 Å². The van der Waals surface area contributed by atoms with Crippen molar-refractivity contribution in [2.45, 2.75) is 23.9 Å². The summed E-state index contributed by atoms with van der Waals surface area (Å²) in [6.07, 6.45) is 1.97. The van der Waals surface area contributed by atoms with Crippen LogP contribution < -0.4 is 20.5 Å². The lowest BCUT2D eigenvalue weighted by Crippen LogP contribution is -2.36. The van der Waals surface area contributed by atoms with Gasteiger partial charge in [0.25, 0.3) is 15.9 Å². The molecule has 13 nitrogen and oxygen atoms in total. The van der Waals surface area contributed by atoms with Gasteiger partial charge < -0.3 is 20.5 Å². The van der Waals surface area contributed by atoms with Gasteiger partial charge in [0.05, 0.1) is 65.5 Å². The van der Waals surface area contributed by atoms with Crippen LogP contribution >= 0.6 is 0 Å². The number of benzene rings is 2. The first-order valence-corrected chi connectivity index (χ1v) is 15.4. The lowest BCUT2D eigenvalue weighted by Gasteiger charge is -2.29. The van der Waals surface area contributed by atoms with E-state index in [0.29, 0.717) is 18.0 Å². The number of hydroxylamine groups is 2. The number of amides is 2. The maximum Gasteiger partial charge on any atom is 0.270 e. The number of primary amides is 1. The third-order valence-electron chi connectivity index (χ3n) is 6.29. The molecule has 0 radical (unpaired) electrons. The van der Waals surface area contributed by atoms with Gasteiger partial charge in [0.2, 0.25) is 11.1 Å². The highest BCUT2D eigenvalue weighted by atomic mass is 32.2. The van der Waals surface area contributed by atoms with Gasteiger partial charge in [-0.2, -0.15) is 0 Å². The Kier molecular flexibility index (Phi) is 9.33. The standard InChI is InChI=1S/C27H31N5O8S2/c1-17-11-18(2)24(31(14-17)39-4)16-41(35)27-30-22-12-20(38-3)7-10-23(22)32(27)42(36,37)21-8-5-19(6-9-21)40-15-26(34)29-13-25(28)33/h5-12H,13-16H2,1-4H3,(H2,28,33)(H,29,34). The molecule has 2 aromatic carbocycles. The minimum Gasteiger partial charge on any atom is -0.497 e. The fourth-order valence-corrected chi connectivity index (χ4v) is 7.41. The summed E-state index contributed by atoms with van der Waals surface area (Å²) in [5, 5.41) is 3.75. The number of imidazole rings is 1. The smallest absolute Gasteiger partial charge is 0.270 e. The molecule has 0 saturated carbocycles. The minimum absolute atomic E-state index is 0.0377. The third-order valence-corrected chi connectivity index (χ3v) is 9.34. The maximum atomic E-state index is 14.0. The average molecular weight is 618 g/mol. The average Bonchev–Trinajstić information content (AvgIpc) is 3.36. The molecule has 1 aromatic heterocycles. The van der Waals surface area contributed by atoms with Gasteiger partial charge >= 0.3 is 0 Å². The largest absolute Gasteiger partial charge is 0.497 e. The monoisotopic (exact) mass is 617 g/mol. The number of allylic oxidation sites excluding steroid dienone is 2. The lowest BCUT2D eigenvalue weighted by molar-refractivity contribution is -0.126. The van der Waals surface area contributed by atoms with Crippen molar-refractivity contribution in [3.63, 3.8) is 0 Å². The van der Waals surface area contributed by atoms with E-state index in [1.165, 1.54) is 38.5 Å². The number of hydrogen-bond acceptors (Lipinski definition) is 10. The molecule has 42 heavy (non-hydrogen) atoms. The number of carbonyl (C=O) groups excluding carboxylic acids is 2. The zero-order valence-corrected chi connectivity index (χ0v) is 25.1. The summed E-state index contributed by atoms with van der Waals surface area (Å²) in [5.74, 6) is -0.629. The second-order valence-corrected chi connectivity index (χ2v) is 12.5. The van der Waals surface area contributed by atoms with Crippen LogP contribution in [0.15, 0.2) is 75.4 Å². The van der Waals surface area contributed by atoms with Crippen molar-refractivity contribution in [3.8, 4) is 11.5 Å². The van der Waals surface area contributed by atoms with Crippen molar-refractivity contribution in [1.29, 1.82) is 0 Å². The van der Waals surface area contributed by atoms with Crippen molar-refractivity contribution in [3.05, 3.63) is 65.4 Å². The predicted molar refractivity (Wildman–Crippen MR) is 154 cm³/mol. The van der Waals surface area contributed by atoms with Gasteiger partial charge in [-0.25, -0.2) is 17.4 Å². The minimum atomic E-state index is -4.30. The third kappa shape index (κ3) is 6.64. The van der Waals surface area contributed by atoms with Crippen molar-refractivity contribution in [2.75, 3.05) is 39.7 Å². The first kappa shape index (κ1) is 30.7. The summed E-state index contributed by atoms with van der Waals surface area (Å²) in [6, 6.07) is 10.1. The number of fused-ring (bicyclic) bond motifs is 1. The Hall–Kier alpha value is -4.21. The van der Waals surface area contributed by atoms with Gasteiger partial charge in [-0.15, -0.1) is 0 Å². The summed E-state index contributed by atoms with van der Waals surface area (Å²) in [7, 11) is -3.22. The molecule has 15 heteroatoms. The highest BCUT2D eigenvalue weighted by Gasteiger charge is 2.30. The van der Waals surface area contributed by atoms with Crippen LogP contribution in [-0.2, 0) is 35.2 Å². The van der Waals surface area contributed by atoms with Crippen LogP contribution in [0.2, 0.25) is 0 Å². The van der Waals surface area contributed by atoms with Crippen molar-refractivity contribution >= 4 is 43.7 Å². The van der Waals surface area contributed by atoms with Crippen LogP contribution in [0.5, 0.6) is 11.5 Å². The summed E-state index contributed by atoms with van der Waals surface area (Å²) < 4.78 is 53.4. The molecule has 0 bridgehead atoms. The first-order valence-electron chi connectivity index (χ1n) is 12.6. The first-order chi connectivity index (χ1) is 19.9. The van der Waals surface area contributed by atoms with Gasteiger partial charge in [0.1, 0.15) is 11.5 Å². The fourth-order valence-electron chi connectivity index (χ4n) is 4.28. The van der Waals surface area contributed by atoms with Gasteiger partial charge in [0, 0.05) is 6.07 Å². The molecule has 0 aliphatic carbocycles. The van der Waals surface area contributed by atoms with Crippen LogP contribution in [-0.4, -0.2) is 78.1 Å². The molecule has 2 heterocycles. The second-order valence-electron chi connectivity index (χ2n) is 9.35. The molecule has 1 unspecified atom stereocenters. The maximum absolute atomic E-state index is 14.0. The molecule has 3 N–H and O–H groups in total. The molecule has 0 spiro atoms. The van der Waals surface area contributed by atoms with E-state index in [4.69, 9.17) is 20.0 Å². The summed E-state index contributed by atoms with van der Waals surface area (Å²) in [4.78, 5) is 32.4. The number of rotatable bonds is 12. The van der Waals surface area contributed by atoms with Crippen LogP contribution in [0.4, 0.5) is 0 Å². The molecule has 1 aliphatic heterocycles. The molecule has 0 saturated heterocycles. The molecule has 1 aliphatic rings. The Balaban J connectivity index is 1.69. The van der Waals surface area contributed by atoms with Crippen molar-refractivity contribution < 1.29 is 36.5 Å². The highest BCUT2D eigenvalue weighted by molar-refractivity contribution is 7.91. The number of nitrogens with zero attached hydrogens (tertiary/aromatic N) is 3. The molecule has 0 fully saturated rings. The summed E-state index contributed by atoms with van der Waals surface area (Å²) >= 11 is 0. The van der Waals surface area contributed by atoms with Crippen molar-refractivity contribution in [1.82, 2.24) is 19.3 Å². The van der Waals surface area contributed by atoms with E-state index >= 15 is 0 Å². The van der Waals surface area contributed by atoms with Crippen LogP contribution in [0.25, 0.3) is 11.0 Å². The quantitative estimate of drug-likeness (QED) is 0.303. The molecule has 4 rings (SSSR count). The second kappa shape index (κ2) is 12.8. The number of methoxy groups -OCH3 is 1. The predicted octanol–water partition coefficient (Wildman–Crippen LogP) is 1.47. The van der Waals surface area contributed by atoms with Gasteiger partial charge in [0.15, 0.2) is 6.61 Å². The number of ether oxygens (including phenoxy) is 2. The van der Waals surface area contributed by atoms with Crippen LogP contribution in [0, 0.1) is 0 Å². The Bertz CT molecular complexity index is 1710. The number of nitrogens with two attached hydrogens (primary N) is 1. The zero-order valence-electron chi connectivity index (χ0n) is 23.4. The van der Waals surface area contributed by atoms with Crippen LogP contribution in [0.1, 0.15) is 13.8 Å². The molecular formula is C27H31N5O8S2. The molecular weight excluding hydrogens is 586 g/mol. The lowest BCUT2D eigenvalue weighted by atomic mass is 10.1. The Morgan fingerprint density at radius 1 is 1.10 bits per heavy atom. The Morgan fingerprint density at radius 2 is 1.79 bits per heavy atom. The van der Waals surface area contributed by atoms with E-state index in [0.717, 1.165) is 15.1 Å².